The van der Waals surface area contributed by atoms with E-state index in [1.165, 1.54) is 0 Å². The van der Waals surface area contributed by atoms with Crippen molar-refractivity contribution in [1.29, 1.82) is 0 Å². The summed E-state index contributed by atoms with van der Waals surface area (Å²) in [6, 6.07) is 0. The molecule has 0 aromatic carbocycles. The fraction of sp³-hybridized carbons (Fsp3) is 0.882. The standard InChI is InChI=1S/C17H34NO5P/c1-16(2,3)11-6-7-14(19)8-9-15(20)10-12-17(4,5)13-23-24(18,21)22/h6-13H2,1-5H3,(H3,18,21,22). The molecular weight excluding hydrogens is 329 g/mol. The van der Waals surface area contributed by atoms with Crippen LogP contribution >= 0.6 is 7.75 Å². The summed E-state index contributed by atoms with van der Waals surface area (Å²) in [5.74, 6) is 0.173. The zero-order valence-electron chi connectivity index (χ0n) is 15.8. The molecule has 6 nitrogen and oxygen atoms in total. The van der Waals surface area contributed by atoms with E-state index in [1.807, 2.05) is 13.8 Å². The molecule has 0 amide bonds. The van der Waals surface area contributed by atoms with Gasteiger partial charge in [-0.05, 0) is 30.1 Å². The molecule has 0 spiro atoms. The first-order chi connectivity index (χ1) is 10.7. The highest BCUT2D eigenvalue weighted by atomic mass is 31.2. The molecule has 7 heteroatoms. The van der Waals surface area contributed by atoms with Crippen LogP contribution < -0.4 is 5.50 Å². The molecule has 0 aromatic rings. The highest BCUT2D eigenvalue weighted by Crippen LogP contribution is 2.35. The van der Waals surface area contributed by atoms with Gasteiger partial charge in [-0.3, -0.25) is 14.1 Å². The van der Waals surface area contributed by atoms with Crippen molar-refractivity contribution >= 4 is 19.3 Å². The van der Waals surface area contributed by atoms with Gasteiger partial charge in [0.2, 0.25) is 0 Å². The predicted molar refractivity (Wildman–Crippen MR) is 95.5 cm³/mol. The molecule has 0 aromatic heterocycles. The van der Waals surface area contributed by atoms with Crippen molar-refractivity contribution in [1.82, 2.24) is 0 Å². The minimum Gasteiger partial charge on any atom is -0.313 e. The lowest BCUT2D eigenvalue weighted by molar-refractivity contribution is -0.124. The van der Waals surface area contributed by atoms with Crippen LogP contribution in [0.25, 0.3) is 0 Å². The summed E-state index contributed by atoms with van der Waals surface area (Å²) in [6.45, 7) is 10.1. The number of hydrogen-bond acceptors (Lipinski definition) is 4. The Kier molecular flexibility index (Phi) is 9.58. The molecule has 0 fully saturated rings. The van der Waals surface area contributed by atoms with Crippen molar-refractivity contribution in [2.45, 2.75) is 79.6 Å². The Morgan fingerprint density at radius 2 is 1.46 bits per heavy atom. The maximum absolute atomic E-state index is 11.9. The molecule has 0 aliphatic carbocycles. The van der Waals surface area contributed by atoms with Crippen molar-refractivity contribution in [3.63, 3.8) is 0 Å². The molecule has 0 aliphatic heterocycles. The first-order valence-corrected chi connectivity index (χ1v) is 10.1. The number of Topliss-reactive ketones (excluding diaryl/α,β-unsaturated/α-hetero) is 2. The first kappa shape index (κ1) is 23.4. The second-order valence-corrected chi connectivity index (χ2v) is 9.88. The first-order valence-electron chi connectivity index (χ1n) is 8.50. The molecule has 0 rings (SSSR count). The Morgan fingerprint density at radius 3 is 1.92 bits per heavy atom. The third-order valence-corrected chi connectivity index (χ3v) is 4.28. The van der Waals surface area contributed by atoms with Crippen molar-refractivity contribution in [3.05, 3.63) is 0 Å². The largest absolute Gasteiger partial charge is 0.400 e. The Morgan fingerprint density at radius 1 is 0.958 bits per heavy atom. The molecule has 0 saturated carbocycles. The lowest BCUT2D eigenvalue weighted by Crippen LogP contribution is -2.21. The molecule has 0 bridgehead atoms. The van der Waals surface area contributed by atoms with Gasteiger partial charge in [0.05, 0.1) is 6.61 Å². The second kappa shape index (κ2) is 9.81. The highest BCUT2D eigenvalue weighted by Gasteiger charge is 2.24. The van der Waals surface area contributed by atoms with Crippen LogP contribution in [0.15, 0.2) is 0 Å². The number of carbonyl (C=O) groups excluding carboxylic acids is 2. The minimum atomic E-state index is -3.99. The van der Waals surface area contributed by atoms with Crippen LogP contribution in [0.1, 0.15) is 79.6 Å². The molecule has 0 aliphatic rings. The normalized spacial score (nSPS) is 15.1. The van der Waals surface area contributed by atoms with Crippen LogP contribution in [0.3, 0.4) is 0 Å². The van der Waals surface area contributed by atoms with Gasteiger partial charge in [-0.2, -0.15) is 0 Å². The van der Waals surface area contributed by atoms with E-state index in [4.69, 9.17) is 14.9 Å². The van der Waals surface area contributed by atoms with E-state index in [2.05, 4.69) is 20.8 Å². The fourth-order valence-corrected chi connectivity index (χ4v) is 2.70. The van der Waals surface area contributed by atoms with E-state index >= 15 is 0 Å². The van der Waals surface area contributed by atoms with E-state index in [-0.39, 0.29) is 30.0 Å². The van der Waals surface area contributed by atoms with Gasteiger partial charge in [0.1, 0.15) is 11.6 Å². The van der Waals surface area contributed by atoms with Crippen LogP contribution in [0, 0.1) is 10.8 Å². The highest BCUT2D eigenvalue weighted by molar-refractivity contribution is 7.50. The third-order valence-electron chi connectivity index (χ3n) is 3.79. The molecule has 142 valence electrons. The molecular formula is C17H34NO5P. The summed E-state index contributed by atoms with van der Waals surface area (Å²) in [7, 11) is -3.99. The van der Waals surface area contributed by atoms with E-state index in [1.54, 1.807) is 0 Å². The molecule has 24 heavy (non-hydrogen) atoms. The number of nitrogens with two attached hydrogens (primary N) is 1. The maximum atomic E-state index is 11.9. The number of rotatable bonds is 12. The van der Waals surface area contributed by atoms with Gasteiger partial charge in [-0.1, -0.05) is 34.6 Å². The van der Waals surface area contributed by atoms with Gasteiger partial charge in [0, 0.05) is 25.7 Å². The van der Waals surface area contributed by atoms with Gasteiger partial charge in [0.15, 0.2) is 0 Å². The van der Waals surface area contributed by atoms with Gasteiger partial charge in [-0.25, -0.2) is 10.1 Å². The maximum Gasteiger partial charge on any atom is 0.400 e. The summed E-state index contributed by atoms with van der Waals surface area (Å²) in [5, 5.41) is 0. The third kappa shape index (κ3) is 15.0. The summed E-state index contributed by atoms with van der Waals surface area (Å²) in [4.78, 5) is 32.6. The van der Waals surface area contributed by atoms with Crippen LogP contribution in [0.5, 0.6) is 0 Å². The molecule has 0 heterocycles. The monoisotopic (exact) mass is 363 g/mol. The van der Waals surface area contributed by atoms with Crippen LogP contribution in [0.4, 0.5) is 0 Å². The van der Waals surface area contributed by atoms with Crippen molar-refractivity contribution < 1.29 is 23.6 Å². The Bertz CT molecular complexity index is 462. The SMILES string of the molecule is CC(C)(C)CCCC(=O)CCC(=O)CCC(C)(C)COP(N)(=O)O. The zero-order chi connectivity index (χ0) is 19.0. The van der Waals surface area contributed by atoms with E-state index in [0.717, 1.165) is 12.8 Å². The second-order valence-electron chi connectivity index (χ2n) is 8.49. The van der Waals surface area contributed by atoms with Crippen molar-refractivity contribution in [3.8, 4) is 0 Å². The van der Waals surface area contributed by atoms with Crippen LogP contribution in [-0.2, 0) is 18.7 Å². The lowest BCUT2D eigenvalue weighted by Gasteiger charge is -2.24. The summed E-state index contributed by atoms with van der Waals surface area (Å²) in [6.07, 6.45) is 3.80. The van der Waals surface area contributed by atoms with E-state index in [9.17, 15) is 14.2 Å². The number of carbonyl (C=O) groups is 2. The fourth-order valence-electron chi connectivity index (χ4n) is 2.16. The zero-order valence-corrected chi connectivity index (χ0v) is 16.7. The Balaban J connectivity index is 3.97. The van der Waals surface area contributed by atoms with Crippen LogP contribution in [-0.4, -0.2) is 23.1 Å². The Labute approximate surface area is 146 Å². The molecule has 1 unspecified atom stereocenters. The lowest BCUT2D eigenvalue weighted by atomic mass is 9.87. The number of ketones is 2. The molecule has 0 saturated heterocycles. The smallest absolute Gasteiger partial charge is 0.313 e. The average molecular weight is 363 g/mol. The van der Waals surface area contributed by atoms with Crippen molar-refractivity contribution in [2.75, 3.05) is 6.61 Å². The molecule has 3 N–H and O–H groups in total. The van der Waals surface area contributed by atoms with E-state index < -0.39 is 13.2 Å². The summed E-state index contributed by atoms with van der Waals surface area (Å²) < 4.78 is 15.7. The Hall–Kier alpha value is -0.550. The van der Waals surface area contributed by atoms with Gasteiger partial charge >= 0.3 is 7.75 Å². The average Bonchev–Trinajstić information content (AvgIpc) is 2.39. The topological polar surface area (TPSA) is 107 Å². The number of hydrogen-bond donors (Lipinski definition) is 2. The van der Waals surface area contributed by atoms with Gasteiger partial charge < -0.3 is 4.89 Å². The van der Waals surface area contributed by atoms with Crippen molar-refractivity contribution in [2.24, 2.45) is 16.3 Å². The van der Waals surface area contributed by atoms with Crippen LogP contribution in [0.2, 0.25) is 0 Å². The minimum absolute atomic E-state index is 0.0102. The van der Waals surface area contributed by atoms with Gasteiger partial charge in [-0.15, -0.1) is 0 Å². The quantitative estimate of drug-likeness (QED) is 0.508. The predicted octanol–water partition coefficient (Wildman–Crippen LogP) is 4.00. The summed E-state index contributed by atoms with van der Waals surface area (Å²) >= 11 is 0. The molecule has 0 radical (unpaired) electrons. The molecule has 1 atom stereocenters. The van der Waals surface area contributed by atoms with E-state index in [0.29, 0.717) is 25.7 Å². The van der Waals surface area contributed by atoms with Gasteiger partial charge in [0.25, 0.3) is 0 Å². The summed E-state index contributed by atoms with van der Waals surface area (Å²) in [5.41, 5.74) is 4.73.